The Morgan fingerprint density at radius 1 is 1.33 bits per heavy atom. The summed E-state index contributed by atoms with van der Waals surface area (Å²) < 4.78 is 0. The molecule has 0 unspecified atom stereocenters. The Morgan fingerprint density at radius 2 is 1.67 bits per heavy atom. The number of aliphatic hydroxyl groups excluding tert-OH is 2. The maximum absolute atomic E-state index is 8.04. The molecule has 38 valence electrons. The highest BCUT2D eigenvalue weighted by atomic mass is 35.5. The molecule has 2 nitrogen and oxygen atoms in total. The number of rotatable bonds is 2. The van der Waals surface area contributed by atoms with Crippen LogP contribution in [0.3, 0.4) is 0 Å². The largest absolute Gasteiger partial charge is 0.395 e. The Hall–Kier alpha value is 0.210. The normalized spacial score (nSPS) is 10.0. The van der Waals surface area contributed by atoms with E-state index in [9.17, 15) is 0 Å². The van der Waals surface area contributed by atoms with E-state index in [-0.39, 0.29) is 13.2 Å². The third kappa shape index (κ3) is 2.45. The van der Waals surface area contributed by atoms with Crippen LogP contribution in [0, 0.1) is 0 Å². The van der Waals surface area contributed by atoms with Gasteiger partial charge in [-0.1, -0.05) is 0 Å². The molecular weight excluding hydrogens is 106 g/mol. The van der Waals surface area contributed by atoms with Gasteiger partial charge in [0, 0.05) is 0 Å². The summed E-state index contributed by atoms with van der Waals surface area (Å²) in [7, 11) is 0. The van der Waals surface area contributed by atoms with Crippen molar-refractivity contribution in [1.82, 2.24) is 0 Å². The van der Waals surface area contributed by atoms with Crippen molar-refractivity contribution in [2.45, 2.75) is 5.38 Å². The van der Waals surface area contributed by atoms with E-state index in [1.165, 1.54) is 0 Å². The molecule has 0 amide bonds. The van der Waals surface area contributed by atoms with Gasteiger partial charge in [-0.05, 0) is 0 Å². The van der Waals surface area contributed by atoms with Gasteiger partial charge < -0.3 is 10.2 Å². The first-order valence-electron chi connectivity index (χ1n) is 1.67. The molecule has 0 spiro atoms. The van der Waals surface area contributed by atoms with Crippen LogP contribution in [0.1, 0.15) is 0 Å². The second-order valence-corrected chi connectivity index (χ2v) is 1.58. The van der Waals surface area contributed by atoms with E-state index >= 15 is 0 Å². The quantitative estimate of drug-likeness (QED) is 0.377. The van der Waals surface area contributed by atoms with Crippen LogP contribution >= 0.6 is 11.6 Å². The number of halogens is 1. The third-order valence-corrected chi connectivity index (χ3v) is 0.672. The van der Waals surface area contributed by atoms with Gasteiger partial charge in [-0.3, -0.25) is 0 Å². The monoisotopic (exact) mass is 113 g/mol. The standard InChI is InChI=1S/C3H7ClO2/c4-3(1-5)2-6/h3,5-6H,1-2H2/i1+1,2+1,3+1. The molecule has 0 atom stereocenters. The van der Waals surface area contributed by atoms with Crippen molar-refractivity contribution >= 4 is 11.6 Å². The van der Waals surface area contributed by atoms with E-state index in [4.69, 9.17) is 21.8 Å². The molecule has 6 heavy (non-hydrogen) atoms. The van der Waals surface area contributed by atoms with Crippen LogP contribution in [0.5, 0.6) is 0 Å². The van der Waals surface area contributed by atoms with Crippen molar-refractivity contribution in [2.24, 2.45) is 0 Å². The summed E-state index contributed by atoms with van der Waals surface area (Å²) in [4.78, 5) is 0. The lowest BCUT2D eigenvalue weighted by Gasteiger charge is -1.94. The van der Waals surface area contributed by atoms with Crippen molar-refractivity contribution in [3.8, 4) is 0 Å². The zero-order valence-electron chi connectivity index (χ0n) is 3.26. The van der Waals surface area contributed by atoms with E-state index in [0.29, 0.717) is 0 Å². The molecule has 0 aliphatic rings. The van der Waals surface area contributed by atoms with Crippen LogP contribution in [-0.2, 0) is 0 Å². The molecular formula is C3H7ClO2. The second-order valence-electron chi connectivity index (χ2n) is 0.962. The van der Waals surface area contributed by atoms with Gasteiger partial charge in [0.05, 0.1) is 18.6 Å². The molecule has 0 fully saturated rings. The summed E-state index contributed by atoms with van der Waals surface area (Å²) in [6.45, 7) is -0.309. The van der Waals surface area contributed by atoms with Gasteiger partial charge in [-0.25, -0.2) is 0 Å². The maximum atomic E-state index is 8.04. The lowest BCUT2D eigenvalue weighted by Crippen LogP contribution is -2.08. The van der Waals surface area contributed by atoms with Gasteiger partial charge in [0.15, 0.2) is 0 Å². The summed E-state index contributed by atoms with van der Waals surface area (Å²) in [6, 6.07) is 0. The van der Waals surface area contributed by atoms with Crippen molar-refractivity contribution in [1.29, 1.82) is 0 Å². The minimum Gasteiger partial charge on any atom is -0.395 e. The smallest absolute Gasteiger partial charge is 0.0797 e. The fourth-order valence-electron chi connectivity index (χ4n) is 0.0577. The summed E-state index contributed by atoms with van der Waals surface area (Å²) in [5.41, 5.74) is 0. The summed E-state index contributed by atoms with van der Waals surface area (Å²) >= 11 is 5.15. The molecule has 0 saturated heterocycles. The predicted octanol–water partition coefficient (Wildman–Crippen LogP) is -0.422. The van der Waals surface area contributed by atoms with Gasteiger partial charge in [0.1, 0.15) is 0 Å². The van der Waals surface area contributed by atoms with Crippen LogP contribution in [0.15, 0.2) is 0 Å². The maximum Gasteiger partial charge on any atom is 0.0797 e. The van der Waals surface area contributed by atoms with Crippen molar-refractivity contribution in [3.05, 3.63) is 0 Å². The SMILES string of the molecule is O[13CH2][13CH](Cl)[13CH2]O. The molecule has 0 aromatic rings. The Morgan fingerprint density at radius 3 is 1.67 bits per heavy atom. The Bertz CT molecular complexity index is 28.0. The molecule has 0 aliphatic carbocycles. The molecule has 3 heteroatoms. The number of alkyl halides is 1. The molecule has 0 saturated carbocycles. The third-order valence-electron chi connectivity index (χ3n) is 0.396. The van der Waals surface area contributed by atoms with E-state index in [1.54, 1.807) is 0 Å². The van der Waals surface area contributed by atoms with Gasteiger partial charge in [0.25, 0.3) is 0 Å². The highest BCUT2D eigenvalue weighted by Crippen LogP contribution is 1.88. The molecule has 0 aromatic carbocycles. The van der Waals surface area contributed by atoms with Crippen LogP contribution in [-0.4, -0.2) is 28.8 Å². The topological polar surface area (TPSA) is 40.5 Å². The average molecular weight is 114 g/mol. The predicted molar refractivity (Wildman–Crippen MR) is 23.8 cm³/mol. The number of aliphatic hydroxyl groups is 2. The van der Waals surface area contributed by atoms with Crippen LogP contribution < -0.4 is 0 Å². The van der Waals surface area contributed by atoms with Gasteiger partial charge in [0.2, 0.25) is 0 Å². The lowest BCUT2D eigenvalue weighted by atomic mass is 11.5. The summed E-state index contributed by atoms with van der Waals surface area (Å²) in [5.74, 6) is 0. The van der Waals surface area contributed by atoms with E-state index < -0.39 is 5.38 Å². The van der Waals surface area contributed by atoms with Gasteiger partial charge >= 0.3 is 0 Å². The Balaban J connectivity index is 2.75. The Kier molecular flexibility index (Phi) is 3.52. The average Bonchev–Trinajstić information content (AvgIpc) is 1.65. The molecule has 0 aliphatic heterocycles. The molecule has 0 radical (unpaired) electrons. The van der Waals surface area contributed by atoms with Crippen molar-refractivity contribution in [2.75, 3.05) is 13.2 Å². The molecule has 0 aromatic heterocycles. The first kappa shape index (κ1) is 6.21. The minimum absolute atomic E-state index is 0.155. The highest BCUT2D eigenvalue weighted by Gasteiger charge is 1.94. The van der Waals surface area contributed by atoms with Gasteiger partial charge in [-0.2, -0.15) is 0 Å². The second kappa shape index (κ2) is 3.40. The van der Waals surface area contributed by atoms with Gasteiger partial charge in [-0.15, -0.1) is 11.6 Å². The first-order valence-corrected chi connectivity index (χ1v) is 2.10. The van der Waals surface area contributed by atoms with E-state index in [2.05, 4.69) is 0 Å². The first-order chi connectivity index (χ1) is 2.81. The fourth-order valence-corrected chi connectivity index (χ4v) is 0.0577. The van der Waals surface area contributed by atoms with Crippen molar-refractivity contribution in [3.63, 3.8) is 0 Å². The molecule has 0 bridgehead atoms. The van der Waals surface area contributed by atoms with Crippen molar-refractivity contribution < 1.29 is 10.2 Å². The summed E-state index contributed by atoms with van der Waals surface area (Å²) in [6.07, 6.45) is 0. The van der Waals surface area contributed by atoms with Crippen LogP contribution in [0.4, 0.5) is 0 Å². The van der Waals surface area contributed by atoms with E-state index in [1.807, 2.05) is 0 Å². The lowest BCUT2D eigenvalue weighted by molar-refractivity contribution is 0.226. The van der Waals surface area contributed by atoms with Crippen LogP contribution in [0.2, 0.25) is 0 Å². The van der Waals surface area contributed by atoms with Crippen LogP contribution in [0.25, 0.3) is 0 Å². The zero-order valence-corrected chi connectivity index (χ0v) is 4.02. The number of hydrogen-bond donors (Lipinski definition) is 2. The molecule has 0 rings (SSSR count). The van der Waals surface area contributed by atoms with E-state index in [0.717, 1.165) is 0 Å². The highest BCUT2D eigenvalue weighted by molar-refractivity contribution is 6.20. The number of hydrogen-bond acceptors (Lipinski definition) is 2. The summed E-state index contributed by atoms with van der Waals surface area (Å²) in [5, 5.41) is 15.6. The Labute approximate surface area is 41.4 Å². The fraction of sp³-hybridized carbons (Fsp3) is 1.00. The molecule has 2 N–H and O–H groups in total. The zero-order chi connectivity index (χ0) is 4.99. The molecule has 0 heterocycles. The minimum atomic E-state index is -0.481.